The van der Waals surface area contributed by atoms with E-state index in [2.05, 4.69) is 71.1 Å². The van der Waals surface area contributed by atoms with E-state index in [4.69, 9.17) is 0 Å². The van der Waals surface area contributed by atoms with Crippen LogP contribution < -0.4 is 5.32 Å². The Morgan fingerprint density at radius 2 is 1.82 bits per heavy atom. The number of hydrogen-bond acceptors (Lipinski definition) is 1. The molecule has 0 fully saturated rings. The fourth-order valence-electron chi connectivity index (χ4n) is 1.93. The van der Waals surface area contributed by atoms with Gasteiger partial charge in [-0.15, -0.1) is 0 Å². The van der Waals surface area contributed by atoms with Crippen LogP contribution in [0.25, 0.3) is 0 Å². The maximum Gasteiger partial charge on any atom is 0.00966 e. The predicted molar refractivity (Wildman–Crippen MR) is 76.5 cm³/mol. The molecular formula is C16H27N. The van der Waals surface area contributed by atoms with Crippen LogP contribution in [0.4, 0.5) is 0 Å². The fraction of sp³-hybridized carbons (Fsp3) is 0.625. The van der Waals surface area contributed by atoms with Crippen molar-refractivity contribution >= 4 is 0 Å². The summed E-state index contributed by atoms with van der Waals surface area (Å²) >= 11 is 0. The lowest BCUT2D eigenvalue weighted by atomic mass is 9.87. The van der Waals surface area contributed by atoms with Gasteiger partial charge in [-0.1, -0.05) is 43.7 Å². The highest BCUT2D eigenvalue weighted by atomic mass is 14.9. The Balaban J connectivity index is 2.60. The number of hydrogen-bond donors (Lipinski definition) is 1. The van der Waals surface area contributed by atoms with Gasteiger partial charge in [-0.2, -0.15) is 0 Å². The molecule has 0 amide bonds. The maximum atomic E-state index is 3.59. The highest BCUT2D eigenvalue weighted by Gasteiger charge is 2.17. The van der Waals surface area contributed by atoms with Gasteiger partial charge in [-0.25, -0.2) is 0 Å². The molecule has 2 unspecified atom stereocenters. The third-order valence-electron chi connectivity index (χ3n) is 3.38. The Kier molecular flexibility index (Phi) is 4.76. The molecule has 0 radical (unpaired) electrons. The molecule has 1 nitrogen and oxygen atoms in total. The van der Waals surface area contributed by atoms with Crippen LogP contribution in [0.3, 0.4) is 0 Å². The molecule has 96 valence electrons. The zero-order valence-corrected chi connectivity index (χ0v) is 12.2. The van der Waals surface area contributed by atoms with Gasteiger partial charge in [0, 0.05) is 5.54 Å². The van der Waals surface area contributed by atoms with Crippen LogP contribution in [0.1, 0.15) is 51.7 Å². The van der Waals surface area contributed by atoms with E-state index in [1.807, 2.05) is 0 Å². The number of benzene rings is 1. The summed E-state index contributed by atoms with van der Waals surface area (Å²) in [7, 11) is 0. The first-order valence-electron chi connectivity index (χ1n) is 6.61. The van der Waals surface area contributed by atoms with Gasteiger partial charge in [0.15, 0.2) is 0 Å². The second-order valence-electron chi connectivity index (χ2n) is 6.31. The smallest absolute Gasteiger partial charge is 0.00966 e. The molecule has 0 aromatic heterocycles. The minimum absolute atomic E-state index is 0.209. The highest BCUT2D eigenvalue weighted by Crippen LogP contribution is 2.24. The van der Waals surface area contributed by atoms with Gasteiger partial charge in [0.05, 0.1) is 0 Å². The Morgan fingerprint density at radius 3 is 2.35 bits per heavy atom. The van der Waals surface area contributed by atoms with Crippen molar-refractivity contribution in [1.29, 1.82) is 0 Å². The molecule has 0 aliphatic carbocycles. The molecule has 0 saturated heterocycles. The summed E-state index contributed by atoms with van der Waals surface area (Å²) in [5.74, 6) is 1.25. The Bertz CT molecular complexity index is 349. The molecule has 1 N–H and O–H groups in total. The summed E-state index contributed by atoms with van der Waals surface area (Å²) in [6.45, 7) is 14.5. The average Bonchev–Trinajstić information content (AvgIpc) is 2.24. The predicted octanol–water partition coefficient (Wildman–Crippen LogP) is 4.12. The monoisotopic (exact) mass is 233 g/mol. The van der Waals surface area contributed by atoms with Gasteiger partial charge in [0.25, 0.3) is 0 Å². The standard InChI is InChI=1S/C16H27N/c1-12-8-7-9-15(10-12)14(3)13(2)11-17-16(4,5)6/h7-10,13-14,17H,11H2,1-6H3. The summed E-state index contributed by atoms with van der Waals surface area (Å²) in [5.41, 5.74) is 3.01. The molecule has 0 saturated carbocycles. The summed E-state index contributed by atoms with van der Waals surface area (Å²) in [5, 5.41) is 3.59. The third-order valence-corrected chi connectivity index (χ3v) is 3.38. The van der Waals surface area contributed by atoms with E-state index in [0.717, 1.165) is 6.54 Å². The van der Waals surface area contributed by atoms with Gasteiger partial charge < -0.3 is 5.32 Å². The minimum atomic E-state index is 0.209. The van der Waals surface area contributed by atoms with Crippen molar-refractivity contribution in [2.45, 2.75) is 53.0 Å². The molecule has 1 heteroatoms. The number of nitrogens with one attached hydrogen (secondary N) is 1. The van der Waals surface area contributed by atoms with Crippen LogP contribution in [0.5, 0.6) is 0 Å². The number of aryl methyl sites for hydroxylation is 1. The van der Waals surface area contributed by atoms with Crippen LogP contribution in [0.15, 0.2) is 24.3 Å². The summed E-state index contributed by atoms with van der Waals surface area (Å²) < 4.78 is 0. The van der Waals surface area contributed by atoms with Crippen molar-refractivity contribution in [3.05, 3.63) is 35.4 Å². The van der Waals surface area contributed by atoms with E-state index in [1.165, 1.54) is 11.1 Å². The first kappa shape index (κ1) is 14.2. The lowest BCUT2D eigenvalue weighted by molar-refractivity contribution is 0.359. The van der Waals surface area contributed by atoms with E-state index in [1.54, 1.807) is 0 Å². The lowest BCUT2D eigenvalue weighted by Crippen LogP contribution is -2.39. The second kappa shape index (κ2) is 5.68. The van der Waals surface area contributed by atoms with E-state index < -0.39 is 0 Å². The van der Waals surface area contributed by atoms with Crippen molar-refractivity contribution in [3.8, 4) is 0 Å². The van der Waals surface area contributed by atoms with E-state index in [9.17, 15) is 0 Å². The first-order chi connectivity index (χ1) is 7.79. The molecule has 1 aromatic carbocycles. The molecule has 0 aliphatic heterocycles. The Morgan fingerprint density at radius 1 is 1.18 bits per heavy atom. The van der Waals surface area contributed by atoms with Crippen LogP contribution in [0.2, 0.25) is 0 Å². The topological polar surface area (TPSA) is 12.0 Å². The molecule has 0 heterocycles. The van der Waals surface area contributed by atoms with E-state index >= 15 is 0 Å². The zero-order chi connectivity index (χ0) is 13.1. The Hall–Kier alpha value is -0.820. The van der Waals surface area contributed by atoms with Crippen molar-refractivity contribution in [2.75, 3.05) is 6.54 Å². The second-order valence-corrected chi connectivity index (χ2v) is 6.31. The fourth-order valence-corrected chi connectivity index (χ4v) is 1.93. The maximum absolute atomic E-state index is 3.59. The van der Waals surface area contributed by atoms with Crippen molar-refractivity contribution in [1.82, 2.24) is 5.32 Å². The normalized spacial score (nSPS) is 15.6. The zero-order valence-electron chi connectivity index (χ0n) is 12.2. The van der Waals surface area contributed by atoms with Gasteiger partial charge in [-0.3, -0.25) is 0 Å². The number of rotatable bonds is 4. The molecule has 0 spiro atoms. The van der Waals surface area contributed by atoms with Crippen LogP contribution in [-0.4, -0.2) is 12.1 Å². The summed E-state index contributed by atoms with van der Waals surface area (Å²) in [4.78, 5) is 0. The largest absolute Gasteiger partial charge is 0.312 e. The van der Waals surface area contributed by atoms with Gasteiger partial charge >= 0.3 is 0 Å². The van der Waals surface area contributed by atoms with Crippen LogP contribution in [-0.2, 0) is 0 Å². The van der Waals surface area contributed by atoms with Crippen LogP contribution in [0, 0.1) is 12.8 Å². The minimum Gasteiger partial charge on any atom is -0.312 e. The highest BCUT2D eigenvalue weighted by molar-refractivity contribution is 5.25. The van der Waals surface area contributed by atoms with E-state index in [-0.39, 0.29) is 5.54 Å². The van der Waals surface area contributed by atoms with Crippen LogP contribution >= 0.6 is 0 Å². The summed E-state index contributed by atoms with van der Waals surface area (Å²) in [6.07, 6.45) is 0. The molecule has 0 aliphatic rings. The van der Waals surface area contributed by atoms with Crippen molar-refractivity contribution < 1.29 is 0 Å². The molecule has 17 heavy (non-hydrogen) atoms. The van der Waals surface area contributed by atoms with E-state index in [0.29, 0.717) is 11.8 Å². The SMILES string of the molecule is Cc1cccc(C(C)C(C)CNC(C)(C)C)c1. The molecule has 0 bridgehead atoms. The van der Waals surface area contributed by atoms with Crippen molar-refractivity contribution in [2.24, 2.45) is 5.92 Å². The van der Waals surface area contributed by atoms with Gasteiger partial charge in [0.1, 0.15) is 0 Å². The lowest BCUT2D eigenvalue weighted by Gasteiger charge is -2.27. The molecule has 1 rings (SSSR count). The average molecular weight is 233 g/mol. The third kappa shape index (κ3) is 4.91. The molecule has 2 atom stereocenters. The van der Waals surface area contributed by atoms with Gasteiger partial charge in [0.2, 0.25) is 0 Å². The Labute approximate surface area is 107 Å². The quantitative estimate of drug-likeness (QED) is 0.825. The van der Waals surface area contributed by atoms with Gasteiger partial charge in [-0.05, 0) is 51.6 Å². The summed E-state index contributed by atoms with van der Waals surface area (Å²) in [6, 6.07) is 8.86. The van der Waals surface area contributed by atoms with Crippen molar-refractivity contribution in [3.63, 3.8) is 0 Å². The first-order valence-corrected chi connectivity index (χ1v) is 6.61. The molecule has 1 aromatic rings. The molecular weight excluding hydrogens is 206 g/mol.